The summed E-state index contributed by atoms with van der Waals surface area (Å²) < 4.78 is 5.62. The lowest BCUT2D eigenvalue weighted by atomic mass is 10.0. The van der Waals surface area contributed by atoms with E-state index < -0.39 is 0 Å². The minimum atomic E-state index is -0.161. The average molecular weight is 449 g/mol. The van der Waals surface area contributed by atoms with Crippen LogP contribution in [-0.2, 0) is 16.0 Å². The zero-order chi connectivity index (χ0) is 21.7. The second kappa shape index (κ2) is 10.2. The predicted molar refractivity (Wildman–Crippen MR) is 119 cm³/mol. The maximum absolute atomic E-state index is 12.5. The standard InChI is InChI=1S/C23H26Cl2N2O3/c1-15-11-20(12-16(2)23(15)25)30-14-21(28)26-19-7-9-27(10-8-19)22(29)13-17-3-5-18(24)6-4-17/h3-6,11-12,19H,7-10,13-14H2,1-2H3,(H,26,28). The first-order valence-electron chi connectivity index (χ1n) is 10.0. The summed E-state index contributed by atoms with van der Waals surface area (Å²) in [5.74, 6) is 0.567. The summed E-state index contributed by atoms with van der Waals surface area (Å²) in [6.45, 7) is 5.03. The van der Waals surface area contributed by atoms with E-state index in [4.69, 9.17) is 27.9 Å². The van der Waals surface area contributed by atoms with Crippen molar-refractivity contribution in [2.75, 3.05) is 19.7 Å². The monoisotopic (exact) mass is 448 g/mol. The van der Waals surface area contributed by atoms with Crippen LogP contribution in [0.2, 0.25) is 10.0 Å². The molecule has 7 heteroatoms. The van der Waals surface area contributed by atoms with Crippen LogP contribution in [0.1, 0.15) is 29.5 Å². The fourth-order valence-corrected chi connectivity index (χ4v) is 3.80. The van der Waals surface area contributed by atoms with Gasteiger partial charge in [0.2, 0.25) is 5.91 Å². The van der Waals surface area contributed by atoms with Gasteiger partial charge < -0.3 is 15.0 Å². The Bertz CT molecular complexity index is 884. The van der Waals surface area contributed by atoms with Gasteiger partial charge in [-0.25, -0.2) is 0 Å². The van der Waals surface area contributed by atoms with E-state index in [2.05, 4.69) is 5.32 Å². The summed E-state index contributed by atoms with van der Waals surface area (Å²) in [6.07, 6.45) is 1.83. The third-order valence-corrected chi connectivity index (χ3v) is 6.11. The molecule has 1 saturated heterocycles. The largest absolute Gasteiger partial charge is 0.484 e. The fourth-order valence-electron chi connectivity index (χ4n) is 3.57. The average Bonchev–Trinajstić information content (AvgIpc) is 2.72. The maximum Gasteiger partial charge on any atom is 0.258 e. The van der Waals surface area contributed by atoms with Crippen molar-refractivity contribution in [1.82, 2.24) is 10.2 Å². The van der Waals surface area contributed by atoms with Crippen LogP contribution in [0.5, 0.6) is 5.75 Å². The zero-order valence-corrected chi connectivity index (χ0v) is 18.7. The Morgan fingerprint density at radius 3 is 2.27 bits per heavy atom. The molecule has 2 aromatic carbocycles. The number of likely N-dealkylation sites (tertiary alicyclic amines) is 1. The third-order valence-electron chi connectivity index (χ3n) is 5.26. The van der Waals surface area contributed by atoms with Crippen molar-refractivity contribution in [3.8, 4) is 5.75 Å². The Morgan fingerprint density at radius 2 is 1.67 bits per heavy atom. The quantitative estimate of drug-likeness (QED) is 0.714. The summed E-state index contributed by atoms with van der Waals surface area (Å²) in [6, 6.07) is 11.0. The van der Waals surface area contributed by atoms with Gasteiger partial charge in [0.05, 0.1) is 6.42 Å². The lowest BCUT2D eigenvalue weighted by Crippen LogP contribution is -2.47. The molecule has 1 N–H and O–H groups in total. The number of carbonyl (C=O) groups is 2. The number of nitrogens with zero attached hydrogens (tertiary/aromatic N) is 1. The van der Waals surface area contributed by atoms with Gasteiger partial charge in [0, 0.05) is 29.2 Å². The highest BCUT2D eigenvalue weighted by atomic mass is 35.5. The number of amides is 2. The first-order valence-corrected chi connectivity index (χ1v) is 10.8. The minimum Gasteiger partial charge on any atom is -0.484 e. The van der Waals surface area contributed by atoms with Crippen LogP contribution in [0.3, 0.4) is 0 Å². The van der Waals surface area contributed by atoms with Crippen LogP contribution in [0, 0.1) is 13.8 Å². The molecule has 160 valence electrons. The smallest absolute Gasteiger partial charge is 0.258 e. The van der Waals surface area contributed by atoms with E-state index in [9.17, 15) is 9.59 Å². The Balaban J connectivity index is 1.41. The molecule has 30 heavy (non-hydrogen) atoms. The third kappa shape index (κ3) is 6.13. The van der Waals surface area contributed by atoms with Gasteiger partial charge in [0.25, 0.3) is 5.91 Å². The molecule has 2 amide bonds. The Morgan fingerprint density at radius 1 is 1.07 bits per heavy atom. The highest BCUT2D eigenvalue weighted by Gasteiger charge is 2.24. The molecule has 0 saturated carbocycles. The van der Waals surface area contributed by atoms with Crippen molar-refractivity contribution in [2.45, 2.75) is 39.2 Å². The predicted octanol–water partition coefficient (Wildman–Crippen LogP) is 4.34. The molecule has 0 unspecified atom stereocenters. The van der Waals surface area contributed by atoms with Crippen LogP contribution in [-0.4, -0.2) is 42.5 Å². The van der Waals surface area contributed by atoms with E-state index in [1.807, 2.05) is 43.0 Å². The lowest BCUT2D eigenvalue weighted by Gasteiger charge is -2.32. The van der Waals surface area contributed by atoms with Crippen LogP contribution in [0.15, 0.2) is 36.4 Å². The van der Waals surface area contributed by atoms with Crippen LogP contribution in [0.25, 0.3) is 0 Å². The summed E-state index contributed by atoms with van der Waals surface area (Å²) >= 11 is 12.0. The Kier molecular flexibility index (Phi) is 7.62. The number of hydrogen-bond donors (Lipinski definition) is 1. The molecule has 1 heterocycles. The van der Waals surface area contributed by atoms with E-state index in [1.54, 1.807) is 12.1 Å². The van der Waals surface area contributed by atoms with Gasteiger partial charge in [0.15, 0.2) is 6.61 Å². The molecule has 1 fully saturated rings. The summed E-state index contributed by atoms with van der Waals surface area (Å²) in [7, 11) is 0. The molecule has 0 aromatic heterocycles. The normalized spacial score (nSPS) is 14.5. The second-order valence-electron chi connectivity index (χ2n) is 7.69. The van der Waals surface area contributed by atoms with Crippen LogP contribution in [0.4, 0.5) is 0 Å². The van der Waals surface area contributed by atoms with E-state index in [-0.39, 0.29) is 24.5 Å². The fraction of sp³-hybridized carbons (Fsp3) is 0.391. The molecule has 0 aliphatic carbocycles. The summed E-state index contributed by atoms with van der Waals surface area (Å²) in [4.78, 5) is 26.6. The lowest BCUT2D eigenvalue weighted by molar-refractivity contribution is -0.131. The van der Waals surface area contributed by atoms with E-state index in [0.717, 1.165) is 29.5 Å². The molecule has 0 atom stereocenters. The van der Waals surface area contributed by atoms with E-state index in [1.165, 1.54) is 0 Å². The topological polar surface area (TPSA) is 58.6 Å². The number of rotatable bonds is 6. The summed E-state index contributed by atoms with van der Waals surface area (Å²) in [5.41, 5.74) is 2.79. The molecule has 0 bridgehead atoms. The first kappa shape index (κ1) is 22.4. The zero-order valence-electron chi connectivity index (χ0n) is 17.2. The molecule has 5 nitrogen and oxygen atoms in total. The number of carbonyl (C=O) groups excluding carboxylic acids is 2. The Labute approximate surface area is 187 Å². The SMILES string of the molecule is Cc1cc(OCC(=O)NC2CCN(C(=O)Cc3ccc(Cl)cc3)CC2)cc(C)c1Cl. The number of piperidine rings is 1. The number of benzene rings is 2. The van der Waals surface area contributed by atoms with Crippen molar-refractivity contribution in [3.05, 3.63) is 63.1 Å². The number of hydrogen-bond acceptors (Lipinski definition) is 3. The first-order chi connectivity index (χ1) is 14.3. The molecule has 3 rings (SSSR count). The maximum atomic E-state index is 12.5. The van der Waals surface area contributed by atoms with Crippen molar-refractivity contribution in [2.24, 2.45) is 0 Å². The molecular weight excluding hydrogens is 423 g/mol. The van der Waals surface area contributed by atoms with Crippen LogP contribution >= 0.6 is 23.2 Å². The molecule has 2 aromatic rings. The van der Waals surface area contributed by atoms with Gasteiger partial charge in [-0.3, -0.25) is 9.59 Å². The second-order valence-corrected chi connectivity index (χ2v) is 8.50. The van der Waals surface area contributed by atoms with Crippen LogP contribution < -0.4 is 10.1 Å². The molecular formula is C23H26Cl2N2O3. The number of ether oxygens (including phenoxy) is 1. The van der Waals surface area contributed by atoms with Gasteiger partial charge in [-0.1, -0.05) is 35.3 Å². The molecule has 0 radical (unpaired) electrons. The number of aryl methyl sites for hydroxylation is 2. The summed E-state index contributed by atoms with van der Waals surface area (Å²) in [5, 5.41) is 4.37. The van der Waals surface area contributed by atoms with E-state index in [0.29, 0.717) is 35.3 Å². The number of halogens is 2. The van der Waals surface area contributed by atoms with E-state index >= 15 is 0 Å². The molecule has 1 aliphatic heterocycles. The highest BCUT2D eigenvalue weighted by Crippen LogP contribution is 2.25. The van der Waals surface area contributed by atoms with Crippen molar-refractivity contribution >= 4 is 35.0 Å². The highest BCUT2D eigenvalue weighted by molar-refractivity contribution is 6.32. The van der Waals surface area contributed by atoms with Crippen molar-refractivity contribution < 1.29 is 14.3 Å². The molecule has 0 spiro atoms. The Hall–Kier alpha value is -2.24. The van der Waals surface area contributed by atoms with Gasteiger partial charge in [-0.05, 0) is 67.6 Å². The van der Waals surface area contributed by atoms with Gasteiger partial charge >= 0.3 is 0 Å². The van der Waals surface area contributed by atoms with Crippen molar-refractivity contribution in [3.63, 3.8) is 0 Å². The van der Waals surface area contributed by atoms with Gasteiger partial charge in [0.1, 0.15) is 5.75 Å². The minimum absolute atomic E-state index is 0.0454. The van der Waals surface area contributed by atoms with Gasteiger partial charge in [-0.2, -0.15) is 0 Å². The molecule has 1 aliphatic rings. The van der Waals surface area contributed by atoms with Gasteiger partial charge in [-0.15, -0.1) is 0 Å². The number of nitrogens with one attached hydrogen (secondary N) is 1. The van der Waals surface area contributed by atoms with Crippen molar-refractivity contribution in [1.29, 1.82) is 0 Å².